The minimum Gasteiger partial charge on any atom is -0.494 e. The number of hydrogen-bond donors (Lipinski definition) is 1. The topological polar surface area (TPSA) is 82.3 Å². The number of halogens is 1. The highest BCUT2D eigenvalue weighted by Gasteiger charge is 2.11. The van der Waals surface area contributed by atoms with Gasteiger partial charge in [-0.2, -0.15) is 4.80 Å². The number of aliphatic hydroxyl groups is 1. The Hall–Kier alpha value is -2.48. The van der Waals surface area contributed by atoms with Crippen molar-refractivity contribution in [2.75, 3.05) is 13.2 Å². The lowest BCUT2D eigenvalue weighted by Crippen LogP contribution is -2.23. The van der Waals surface area contributed by atoms with Crippen LogP contribution < -0.4 is 4.74 Å². The van der Waals surface area contributed by atoms with Gasteiger partial charge in [-0.25, -0.2) is 0 Å². The highest BCUT2D eigenvalue weighted by molar-refractivity contribution is 6.30. The Morgan fingerprint density at radius 3 is 2.56 bits per heavy atom. The van der Waals surface area contributed by atoms with Crippen molar-refractivity contribution in [2.24, 2.45) is 0 Å². The van der Waals surface area contributed by atoms with E-state index in [1.54, 1.807) is 12.1 Å². The van der Waals surface area contributed by atoms with Gasteiger partial charge in [0.25, 0.3) is 0 Å². The molecule has 0 radical (unpaired) electrons. The Kier molecular flexibility index (Phi) is 6.75. The zero-order chi connectivity index (χ0) is 19.1. The van der Waals surface area contributed by atoms with Crippen molar-refractivity contribution >= 4 is 11.6 Å². The molecule has 2 aromatic carbocycles. The first-order valence-electron chi connectivity index (χ1n) is 8.65. The third-order valence-corrected chi connectivity index (χ3v) is 3.99. The van der Waals surface area contributed by atoms with E-state index in [-0.39, 0.29) is 13.2 Å². The maximum Gasteiger partial charge on any atom is 0.204 e. The van der Waals surface area contributed by atoms with Crippen molar-refractivity contribution in [1.82, 2.24) is 20.2 Å². The molecule has 0 fully saturated rings. The summed E-state index contributed by atoms with van der Waals surface area (Å²) in [5.41, 5.74) is 1.82. The molecule has 0 bridgehead atoms. The zero-order valence-electron chi connectivity index (χ0n) is 15.0. The van der Waals surface area contributed by atoms with Crippen molar-refractivity contribution in [3.63, 3.8) is 0 Å². The van der Waals surface area contributed by atoms with Crippen molar-refractivity contribution < 1.29 is 14.6 Å². The molecule has 3 rings (SSSR count). The van der Waals surface area contributed by atoms with Gasteiger partial charge in [0, 0.05) is 10.6 Å². The van der Waals surface area contributed by atoms with Crippen LogP contribution in [0.25, 0.3) is 11.4 Å². The summed E-state index contributed by atoms with van der Waals surface area (Å²) in [5.74, 6) is 1.29. The van der Waals surface area contributed by atoms with Crippen molar-refractivity contribution in [3.8, 4) is 17.1 Å². The molecule has 27 heavy (non-hydrogen) atoms. The highest BCUT2D eigenvalue weighted by Crippen LogP contribution is 2.18. The largest absolute Gasteiger partial charge is 0.494 e. The van der Waals surface area contributed by atoms with Crippen LogP contribution in [0.2, 0.25) is 5.02 Å². The quantitative estimate of drug-likeness (QED) is 0.606. The van der Waals surface area contributed by atoms with Gasteiger partial charge in [0.1, 0.15) is 5.75 Å². The van der Waals surface area contributed by atoms with E-state index in [2.05, 4.69) is 15.4 Å². The van der Waals surface area contributed by atoms with E-state index < -0.39 is 6.10 Å². The lowest BCUT2D eigenvalue weighted by molar-refractivity contribution is 0.0165. The first-order valence-corrected chi connectivity index (χ1v) is 9.03. The predicted octanol–water partition coefficient (Wildman–Crippen LogP) is 2.97. The molecular weight excluding hydrogens is 368 g/mol. The lowest BCUT2D eigenvalue weighted by Gasteiger charge is -2.10. The fourth-order valence-electron chi connectivity index (χ4n) is 2.44. The molecule has 0 aliphatic heterocycles. The van der Waals surface area contributed by atoms with Crippen molar-refractivity contribution in [3.05, 3.63) is 59.1 Å². The summed E-state index contributed by atoms with van der Waals surface area (Å²) >= 11 is 5.84. The molecule has 142 valence electrons. The zero-order valence-corrected chi connectivity index (χ0v) is 15.7. The summed E-state index contributed by atoms with van der Waals surface area (Å²) in [6.07, 6.45) is -0.736. The van der Waals surface area contributed by atoms with Crippen LogP contribution in [-0.2, 0) is 17.9 Å². The summed E-state index contributed by atoms with van der Waals surface area (Å²) < 4.78 is 10.9. The van der Waals surface area contributed by atoms with E-state index in [1.165, 1.54) is 4.80 Å². The van der Waals surface area contributed by atoms with Gasteiger partial charge in [-0.1, -0.05) is 23.7 Å². The van der Waals surface area contributed by atoms with E-state index in [0.29, 0.717) is 24.1 Å². The molecule has 0 amide bonds. The molecule has 1 heterocycles. The molecule has 1 N–H and O–H groups in total. The number of nitrogens with zero attached hydrogens (tertiary/aromatic N) is 4. The molecule has 0 saturated heterocycles. The standard InChI is InChI=1S/C19H21ClN4O3/c1-2-27-18-9-5-15(6-10-18)19-21-23-24(22-19)11-17(25)13-26-12-14-3-7-16(20)8-4-14/h3-10,17,25H,2,11-13H2,1H3/t17-/m0/s1. The first kappa shape index (κ1) is 19.3. The van der Waals surface area contributed by atoms with E-state index >= 15 is 0 Å². The minimum atomic E-state index is -0.736. The van der Waals surface area contributed by atoms with Crippen LogP contribution >= 0.6 is 11.6 Å². The molecule has 0 aliphatic rings. The van der Waals surface area contributed by atoms with Crippen LogP contribution in [-0.4, -0.2) is 44.6 Å². The van der Waals surface area contributed by atoms with Crippen molar-refractivity contribution in [2.45, 2.75) is 26.2 Å². The number of ether oxygens (including phenoxy) is 2. The lowest BCUT2D eigenvalue weighted by atomic mass is 10.2. The molecule has 1 atom stereocenters. The monoisotopic (exact) mass is 388 g/mol. The third-order valence-electron chi connectivity index (χ3n) is 3.74. The average molecular weight is 389 g/mol. The number of benzene rings is 2. The number of tetrazole rings is 1. The fourth-order valence-corrected chi connectivity index (χ4v) is 2.56. The Balaban J connectivity index is 1.48. The van der Waals surface area contributed by atoms with Gasteiger partial charge in [-0.05, 0) is 54.1 Å². The van der Waals surface area contributed by atoms with Crippen molar-refractivity contribution in [1.29, 1.82) is 0 Å². The fraction of sp³-hybridized carbons (Fsp3) is 0.316. The maximum atomic E-state index is 10.1. The van der Waals surface area contributed by atoms with Crippen LogP contribution in [0.1, 0.15) is 12.5 Å². The Morgan fingerprint density at radius 1 is 1.11 bits per heavy atom. The molecule has 0 aliphatic carbocycles. The van der Waals surface area contributed by atoms with Gasteiger partial charge < -0.3 is 14.6 Å². The van der Waals surface area contributed by atoms with Gasteiger partial charge in [0.2, 0.25) is 5.82 Å². The first-order chi connectivity index (χ1) is 13.1. The number of aliphatic hydroxyl groups excluding tert-OH is 1. The summed E-state index contributed by atoms with van der Waals surface area (Å²) in [6, 6.07) is 14.8. The highest BCUT2D eigenvalue weighted by atomic mass is 35.5. The predicted molar refractivity (Wildman–Crippen MR) is 102 cm³/mol. The van der Waals surface area contributed by atoms with Crippen LogP contribution in [0, 0.1) is 0 Å². The second-order valence-corrected chi connectivity index (χ2v) is 6.36. The van der Waals surface area contributed by atoms with Crippen LogP contribution in [0.3, 0.4) is 0 Å². The second-order valence-electron chi connectivity index (χ2n) is 5.92. The number of hydrogen-bond acceptors (Lipinski definition) is 6. The van der Waals surface area contributed by atoms with E-state index in [9.17, 15) is 5.11 Å². The Labute approximate surface area is 162 Å². The molecule has 0 unspecified atom stereocenters. The normalized spacial score (nSPS) is 12.1. The van der Waals surface area contributed by atoms with Crippen LogP contribution in [0.5, 0.6) is 5.75 Å². The summed E-state index contributed by atoms with van der Waals surface area (Å²) in [7, 11) is 0. The van der Waals surface area contributed by atoms with Crippen LogP contribution in [0.15, 0.2) is 48.5 Å². The summed E-state index contributed by atoms with van der Waals surface area (Å²) in [4.78, 5) is 1.36. The third kappa shape index (κ3) is 5.75. The van der Waals surface area contributed by atoms with Gasteiger partial charge in [-0.15, -0.1) is 10.2 Å². The summed E-state index contributed by atoms with van der Waals surface area (Å²) in [5, 5.41) is 23.1. The molecule has 7 nitrogen and oxygen atoms in total. The number of aromatic nitrogens is 4. The van der Waals surface area contributed by atoms with Gasteiger partial charge >= 0.3 is 0 Å². The maximum absolute atomic E-state index is 10.1. The molecule has 3 aromatic rings. The molecule has 8 heteroatoms. The Bertz CT molecular complexity index is 837. The Morgan fingerprint density at radius 2 is 1.85 bits per heavy atom. The van der Waals surface area contributed by atoms with E-state index in [4.69, 9.17) is 21.1 Å². The SMILES string of the molecule is CCOc1ccc(-c2nnn(C[C@H](O)COCc3ccc(Cl)cc3)n2)cc1. The van der Waals surface area contributed by atoms with Crippen LogP contribution in [0.4, 0.5) is 0 Å². The molecule has 0 spiro atoms. The summed E-state index contributed by atoms with van der Waals surface area (Å²) in [6.45, 7) is 3.32. The number of rotatable bonds is 9. The molecule has 1 aromatic heterocycles. The van der Waals surface area contributed by atoms with Gasteiger partial charge in [0.15, 0.2) is 0 Å². The smallest absolute Gasteiger partial charge is 0.204 e. The molecule has 0 saturated carbocycles. The molecular formula is C19H21ClN4O3. The van der Waals surface area contributed by atoms with E-state index in [1.807, 2.05) is 43.3 Å². The van der Waals surface area contributed by atoms with E-state index in [0.717, 1.165) is 16.9 Å². The second kappa shape index (κ2) is 9.45. The van der Waals surface area contributed by atoms with Gasteiger partial charge in [0.05, 0.1) is 32.5 Å². The average Bonchev–Trinajstić information content (AvgIpc) is 3.13. The van der Waals surface area contributed by atoms with Gasteiger partial charge in [-0.3, -0.25) is 0 Å². The minimum absolute atomic E-state index is 0.169.